The number of hydrogen-bond acceptors (Lipinski definition) is 4. The zero-order valence-electron chi connectivity index (χ0n) is 15.7. The SMILES string of the molecule is C1=CSCC(CN2CCc3cc(OCCCN4CCCCC4)ccc32)=C1. The molecule has 4 rings (SSSR count). The molecule has 0 radical (unpaired) electrons. The lowest BCUT2D eigenvalue weighted by molar-refractivity contribution is 0.205. The molecular formula is C22H30N2OS. The third-order valence-electron chi connectivity index (χ3n) is 5.55. The summed E-state index contributed by atoms with van der Waals surface area (Å²) in [6, 6.07) is 6.68. The van der Waals surface area contributed by atoms with E-state index in [1.54, 1.807) is 0 Å². The standard InChI is InChI=1S/C22H30N2OS/c1-2-10-23(11-3-1)12-5-14-25-21-7-8-22-20(16-21)9-13-24(22)17-19-6-4-15-26-18-19/h4,6-8,15-16H,1-3,5,9-14,17-18H2. The Kier molecular flexibility index (Phi) is 6.23. The highest BCUT2D eigenvalue weighted by atomic mass is 32.2. The molecule has 4 heteroatoms. The molecule has 3 aliphatic heterocycles. The predicted molar refractivity (Wildman–Crippen MR) is 112 cm³/mol. The van der Waals surface area contributed by atoms with Crippen molar-refractivity contribution in [2.24, 2.45) is 0 Å². The van der Waals surface area contributed by atoms with Crippen LogP contribution in [0.3, 0.4) is 0 Å². The van der Waals surface area contributed by atoms with E-state index in [2.05, 4.69) is 45.6 Å². The van der Waals surface area contributed by atoms with Crippen molar-refractivity contribution in [1.82, 2.24) is 4.90 Å². The molecule has 0 aliphatic carbocycles. The number of nitrogens with zero attached hydrogens (tertiary/aromatic N) is 2. The van der Waals surface area contributed by atoms with E-state index in [9.17, 15) is 0 Å². The van der Waals surface area contributed by atoms with Gasteiger partial charge in [0.15, 0.2) is 0 Å². The minimum absolute atomic E-state index is 0.829. The van der Waals surface area contributed by atoms with Crippen LogP contribution in [0.2, 0.25) is 0 Å². The Morgan fingerprint density at radius 3 is 2.85 bits per heavy atom. The molecule has 1 saturated heterocycles. The monoisotopic (exact) mass is 370 g/mol. The van der Waals surface area contributed by atoms with Gasteiger partial charge in [-0.25, -0.2) is 0 Å². The molecular weight excluding hydrogens is 340 g/mol. The Morgan fingerprint density at radius 1 is 1.08 bits per heavy atom. The lowest BCUT2D eigenvalue weighted by atomic mass is 10.1. The lowest BCUT2D eigenvalue weighted by Crippen LogP contribution is -2.31. The minimum atomic E-state index is 0.829. The van der Waals surface area contributed by atoms with Crippen LogP contribution in [0.5, 0.6) is 5.75 Å². The average molecular weight is 371 g/mol. The number of hydrogen-bond donors (Lipinski definition) is 0. The number of allylic oxidation sites excluding steroid dienone is 2. The molecule has 0 saturated carbocycles. The Hall–Kier alpha value is -1.39. The molecule has 0 amide bonds. The topological polar surface area (TPSA) is 15.7 Å². The first-order valence-corrected chi connectivity index (χ1v) is 11.1. The molecule has 1 fully saturated rings. The van der Waals surface area contributed by atoms with Crippen molar-refractivity contribution in [3.05, 3.63) is 46.9 Å². The Labute approximate surface area is 162 Å². The predicted octanol–water partition coefficient (Wildman–Crippen LogP) is 4.49. The molecule has 0 atom stereocenters. The summed E-state index contributed by atoms with van der Waals surface area (Å²) >= 11 is 1.89. The van der Waals surface area contributed by atoms with Crippen molar-refractivity contribution in [3.63, 3.8) is 0 Å². The van der Waals surface area contributed by atoms with Crippen LogP contribution in [0.4, 0.5) is 5.69 Å². The number of benzene rings is 1. The van der Waals surface area contributed by atoms with Gasteiger partial charge in [0.1, 0.15) is 5.75 Å². The van der Waals surface area contributed by atoms with Gasteiger partial charge in [-0.3, -0.25) is 0 Å². The van der Waals surface area contributed by atoms with E-state index in [0.29, 0.717) is 0 Å². The molecule has 1 aromatic carbocycles. The Morgan fingerprint density at radius 2 is 2.00 bits per heavy atom. The summed E-state index contributed by atoms with van der Waals surface area (Å²) in [5, 5.41) is 2.18. The first kappa shape index (κ1) is 18.0. The zero-order valence-corrected chi connectivity index (χ0v) is 16.5. The molecule has 140 valence electrons. The fourth-order valence-electron chi connectivity index (χ4n) is 4.14. The van der Waals surface area contributed by atoms with Gasteiger partial charge in [0.25, 0.3) is 0 Å². The van der Waals surface area contributed by atoms with Gasteiger partial charge in [-0.15, -0.1) is 11.8 Å². The molecule has 0 spiro atoms. The fraction of sp³-hybridized carbons (Fsp3) is 0.545. The zero-order chi connectivity index (χ0) is 17.6. The second-order valence-electron chi connectivity index (χ2n) is 7.53. The first-order chi connectivity index (χ1) is 12.9. The van der Waals surface area contributed by atoms with Crippen molar-refractivity contribution in [2.45, 2.75) is 32.1 Å². The van der Waals surface area contributed by atoms with Crippen LogP contribution in [-0.4, -0.2) is 50.0 Å². The van der Waals surface area contributed by atoms with Crippen LogP contribution in [0, 0.1) is 0 Å². The van der Waals surface area contributed by atoms with Crippen LogP contribution in [-0.2, 0) is 6.42 Å². The lowest BCUT2D eigenvalue weighted by Gasteiger charge is -2.26. The van der Waals surface area contributed by atoms with Gasteiger partial charge in [-0.2, -0.15) is 0 Å². The number of fused-ring (bicyclic) bond motifs is 1. The van der Waals surface area contributed by atoms with E-state index in [1.807, 2.05) is 11.8 Å². The number of anilines is 1. The number of rotatable bonds is 7. The highest BCUT2D eigenvalue weighted by Crippen LogP contribution is 2.32. The molecule has 0 aromatic heterocycles. The summed E-state index contributed by atoms with van der Waals surface area (Å²) in [7, 11) is 0. The molecule has 3 heterocycles. The first-order valence-electron chi connectivity index (χ1n) is 10.1. The molecule has 1 aromatic rings. The van der Waals surface area contributed by atoms with E-state index in [1.165, 1.54) is 55.7 Å². The summed E-state index contributed by atoms with van der Waals surface area (Å²) in [5.74, 6) is 2.17. The summed E-state index contributed by atoms with van der Waals surface area (Å²) in [6.07, 6.45) is 10.9. The largest absolute Gasteiger partial charge is 0.494 e. The molecule has 26 heavy (non-hydrogen) atoms. The highest BCUT2D eigenvalue weighted by Gasteiger charge is 2.20. The summed E-state index contributed by atoms with van der Waals surface area (Å²) in [6.45, 7) is 6.74. The smallest absolute Gasteiger partial charge is 0.119 e. The van der Waals surface area contributed by atoms with E-state index in [4.69, 9.17) is 4.74 Å². The van der Waals surface area contributed by atoms with Crippen molar-refractivity contribution < 1.29 is 4.74 Å². The molecule has 3 aliphatic rings. The van der Waals surface area contributed by atoms with Gasteiger partial charge in [0.05, 0.1) is 6.61 Å². The second kappa shape index (κ2) is 9.01. The third kappa shape index (κ3) is 4.66. The Bertz CT molecular complexity index is 664. The van der Waals surface area contributed by atoms with Crippen molar-refractivity contribution in [3.8, 4) is 5.75 Å². The van der Waals surface area contributed by atoms with Gasteiger partial charge in [-0.05, 0) is 73.5 Å². The van der Waals surface area contributed by atoms with Crippen LogP contribution in [0.15, 0.2) is 41.3 Å². The molecule has 0 bridgehead atoms. The maximum atomic E-state index is 6.04. The maximum Gasteiger partial charge on any atom is 0.119 e. The van der Waals surface area contributed by atoms with E-state index < -0.39 is 0 Å². The maximum absolute atomic E-state index is 6.04. The van der Waals surface area contributed by atoms with Crippen LogP contribution in [0.1, 0.15) is 31.2 Å². The quantitative estimate of drug-likeness (QED) is 0.657. The van der Waals surface area contributed by atoms with Gasteiger partial charge in [0, 0.05) is 31.1 Å². The number of likely N-dealkylation sites (tertiary alicyclic amines) is 1. The molecule has 0 N–H and O–H groups in total. The van der Waals surface area contributed by atoms with Gasteiger partial charge in [0.2, 0.25) is 0 Å². The van der Waals surface area contributed by atoms with Crippen LogP contribution in [0.25, 0.3) is 0 Å². The fourth-order valence-corrected chi connectivity index (χ4v) is 4.83. The van der Waals surface area contributed by atoms with E-state index in [-0.39, 0.29) is 0 Å². The van der Waals surface area contributed by atoms with Crippen LogP contribution >= 0.6 is 11.8 Å². The summed E-state index contributed by atoms with van der Waals surface area (Å²) in [5.41, 5.74) is 4.35. The number of piperidine rings is 1. The van der Waals surface area contributed by atoms with Gasteiger partial charge in [-0.1, -0.05) is 18.6 Å². The second-order valence-corrected chi connectivity index (χ2v) is 8.43. The third-order valence-corrected chi connectivity index (χ3v) is 6.44. The van der Waals surface area contributed by atoms with E-state index in [0.717, 1.165) is 44.0 Å². The Balaban J connectivity index is 1.26. The van der Waals surface area contributed by atoms with Gasteiger partial charge < -0.3 is 14.5 Å². The highest BCUT2D eigenvalue weighted by molar-refractivity contribution is 8.02. The van der Waals surface area contributed by atoms with Gasteiger partial charge >= 0.3 is 0 Å². The summed E-state index contributed by atoms with van der Waals surface area (Å²) < 4.78 is 6.04. The normalized spacial score (nSPS) is 20.2. The average Bonchev–Trinajstić information content (AvgIpc) is 3.09. The summed E-state index contributed by atoms with van der Waals surface area (Å²) in [4.78, 5) is 5.10. The number of ether oxygens (including phenoxy) is 1. The van der Waals surface area contributed by atoms with Crippen molar-refractivity contribution >= 4 is 17.4 Å². The van der Waals surface area contributed by atoms with Crippen molar-refractivity contribution in [2.75, 3.05) is 50.0 Å². The number of thioether (sulfide) groups is 1. The van der Waals surface area contributed by atoms with E-state index >= 15 is 0 Å². The van der Waals surface area contributed by atoms with Crippen molar-refractivity contribution in [1.29, 1.82) is 0 Å². The molecule has 0 unspecified atom stereocenters. The van der Waals surface area contributed by atoms with Crippen LogP contribution < -0.4 is 9.64 Å². The molecule has 3 nitrogen and oxygen atoms in total. The minimum Gasteiger partial charge on any atom is -0.494 e.